The van der Waals surface area contributed by atoms with E-state index >= 15 is 0 Å². The molecule has 0 spiro atoms. The third-order valence-electron chi connectivity index (χ3n) is 6.84. The van der Waals surface area contributed by atoms with Crippen LogP contribution in [0.2, 0.25) is 5.02 Å². The molecule has 0 aliphatic heterocycles. The van der Waals surface area contributed by atoms with E-state index in [0.717, 1.165) is 11.3 Å². The van der Waals surface area contributed by atoms with E-state index in [4.69, 9.17) is 21.3 Å². The molecule has 0 fully saturated rings. The first-order chi connectivity index (χ1) is 18.8. The molecule has 5 nitrogen and oxygen atoms in total. The lowest BCUT2D eigenvalue weighted by molar-refractivity contribution is 0.0909. The summed E-state index contributed by atoms with van der Waals surface area (Å²) in [5.74, 6) is 1.21. The van der Waals surface area contributed by atoms with Crippen LogP contribution in [0.1, 0.15) is 36.3 Å². The molecule has 0 atom stereocenters. The van der Waals surface area contributed by atoms with E-state index in [1.165, 1.54) is 11.3 Å². The molecular weight excluding hydrogens is 528 g/mol. The number of pyridine rings is 1. The Balaban J connectivity index is 1.55. The Morgan fingerprint density at radius 1 is 0.897 bits per heavy atom. The Morgan fingerprint density at radius 2 is 1.62 bits per heavy atom. The van der Waals surface area contributed by atoms with Gasteiger partial charge in [-0.2, -0.15) is 0 Å². The van der Waals surface area contributed by atoms with E-state index in [2.05, 4.69) is 13.8 Å². The number of ketones is 1. The number of carbonyl (C=O) groups is 1. The summed E-state index contributed by atoms with van der Waals surface area (Å²) in [4.78, 5) is 32.5. The largest absolute Gasteiger partial charge is 0.455 e. The van der Waals surface area contributed by atoms with Gasteiger partial charge in [0.1, 0.15) is 10.8 Å². The number of aromatic nitrogens is 2. The fourth-order valence-electron chi connectivity index (χ4n) is 5.02. The third kappa shape index (κ3) is 4.93. The first-order valence-corrected chi connectivity index (χ1v) is 13.9. The van der Waals surface area contributed by atoms with E-state index in [-0.39, 0.29) is 16.8 Å². The lowest BCUT2D eigenvalue weighted by Gasteiger charge is -2.32. The SMILES string of the molecule is CC1(C)CC(=O)c2cc(-c3nc(-c4ccc(Cl)cc4)cs3)c(=O)n(-c3ccccc3Oc3ccccc3)c2C1. The summed E-state index contributed by atoms with van der Waals surface area (Å²) in [6.07, 6.45) is 0.991. The van der Waals surface area contributed by atoms with Gasteiger partial charge in [0.2, 0.25) is 0 Å². The van der Waals surface area contributed by atoms with Crippen molar-refractivity contribution in [3.63, 3.8) is 0 Å². The van der Waals surface area contributed by atoms with Gasteiger partial charge in [-0.1, -0.05) is 67.9 Å². The minimum Gasteiger partial charge on any atom is -0.455 e. The van der Waals surface area contributed by atoms with Gasteiger partial charge < -0.3 is 4.74 Å². The fourth-order valence-corrected chi connectivity index (χ4v) is 5.98. The zero-order valence-electron chi connectivity index (χ0n) is 21.5. The van der Waals surface area contributed by atoms with E-state index in [9.17, 15) is 9.59 Å². The van der Waals surface area contributed by atoms with Gasteiger partial charge in [0.05, 0.1) is 16.9 Å². The number of rotatable bonds is 5. The molecule has 0 radical (unpaired) electrons. The van der Waals surface area contributed by atoms with E-state index < -0.39 is 0 Å². The highest BCUT2D eigenvalue weighted by Gasteiger charge is 2.35. The summed E-state index contributed by atoms with van der Waals surface area (Å²) >= 11 is 7.44. The van der Waals surface area contributed by atoms with Crippen molar-refractivity contribution in [2.24, 2.45) is 5.41 Å². The quantitative estimate of drug-likeness (QED) is 0.220. The summed E-state index contributed by atoms with van der Waals surface area (Å²) in [6, 6.07) is 26.0. The first kappa shape index (κ1) is 25.3. The second-order valence-corrected chi connectivity index (χ2v) is 11.7. The molecule has 0 bridgehead atoms. The Labute approximate surface area is 235 Å². The number of para-hydroxylation sites is 3. The van der Waals surface area contributed by atoms with Gasteiger partial charge >= 0.3 is 0 Å². The smallest absolute Gasteiger partial charge is 0.265 e. The molecule has 6 rings (SSSR count). The molecule has 3 aromatic carbocycles. The summed E-state index contributed by atoms with van der Waals surface area (Å²) in [5, 5.41) is 3.12. The van der Waals surface area contributed by atoms with Crippen LogP contribution in [-0.4, -0.2) is 15.3 Å². The van der Waals surface area contributed by atoms with Gasteiger partial charge in [0, 0.05) is 33.6 Å². The Bertz CT molecular complexity index is 1750. The second-order valence-electron chi connectivity index (χ2n) is 10.4. The van der Waals surface area contributed by atoms with Crippen molar-refractivity contribution in [3.05, 3.63) is 117 Å². The molecule has 1 aliphatic rings. The summed E-state index contributed by atoms with van der Waals surface area (Å²) in [5.41, 5.74) is 3.37. The predicted molar refractivity (Wildman–Crippen MR) is 157 cm³/mol. The maximum absolute atomic E-state index is 14.3. The number of thiazole rings is 1. The van der Waals surface area contributed by atoms with Gasteiger partial charge in [0.15, 0.2) is 11.5 Å². The number of ether oxygens (including phenoxy) is 1. The van der Waals surface area contributed by atoms with Crippen molar-refractivity contribution in [1.29, 1.82) is 0 Å². The van der Waals surface area contributed by atoms with Crippen LogP contribution in [0, 0.1) is 5.41 Å². The van der Waals surface area contributed by atoms with E-state index in [1.807, 2.05) is 84.2 Å². The van der Waals surface area contributed by atoms with Crippen LogP contribution in [0.4, 0.5) is 0 Å². The highest BCUT2D eigenvalue weighted by atomic mass is 35.5. The van der Waals surface area contributed by atoms with Crippen molar-refractivity contribution in [2.45, 2.75) is 26.7 Å². The molecule has 0 saturated heterocycles. The van der Waals surface area contributed by atoms with Crippen LogP contribution in [0.15, 0.2) is 95.1 Å². The molecule has 0 saturated carbocycles. The van der Waals surface area contributed by atoms with Crippen molar-refractivity contribution < 1.29 is 9.53 Å². The van der Waals surface area contributed by atoms with Crippen LogP contribution in [0.3, 0.4) is 0 Å². The maximum Gasteiger partial charge on any atom is 0.265 e. The van der Waals surface area contributed by atoms with Crippen LogP contribution in [-0.2, 0) is 6.42 Å². The number of halogens is 1. The highest BCUT2D eigenvalue weighted by Crippen LogP contribution is 2.39. The molecule has 1 aliphatic carbocycles. The van der Waals surface area contributed by atoms with Gasteiger partial charge in [0.25, 0.3) is 5.56 Å². The summed E-state index contributed by atoms with van der Waals surface area (Å²) in [7, 11) is 0. The normalized spacial score (nSPS) is 14.2. The standard InChI is InChI=1S/C32H25ClN2O3S/c1-32(2)17-27-23(28(36)18-32)16-24(30-34-25(19-39-30)20-12-14-21(33)15-13-20)31(37)35(27)26-10-6-7-11-29(26)38-22-8-4-3-5-9-22/h3-16,19H,17-18H2,1-2H3. The molecule has 39 heavy (non-hydrogen) atoms. The lowest BCUT2D eigenvalue weighted by atomic mass is 9.75. The van der Waals surface area contributed by atoms with Crippen molar-refractivity contribution in [1.82, 2.24) is 9.55 Å². The van der Waals surface area contributed by atoms with Crippen LogP contribution < -0.4 is 10.3 Å². The number of hydrogen-bond acceptors (Lipinski definition) is 5. The Hall–Kier alpha value is -4.00. The number of benzene rings is 3. The van der Waals surface area contributed by atoms with E-state index in [1.54, 1.807) is 10.6 Å². The minimum absolute atomic E-state index is 0.0205. The minimum atomic E-state index is -0.280. The summed E-state index contributed by atoms with van der Waals surface area (Å²) < 4.78 is 7.90. The van der Waals surface area contributed by atoms with Gasteiger partial charge in [-0.15, -0.1) is 11.3 Å². The molecule has 0 unspecified atom stereocenters. The van der Waals surface area contributed by atoms with Gasteiger partial charge in [-0.25, -0.2) is 4.98 Å². The molecule has 0 amide bonds. The van der Waals surface area contributed by atoms with Gasteiger partial charge in [-0.3, -0.25) is 14.2 Å². The summed E-state index contributed by atoms with van der Waals surface area (Å²) in [6.45, 7) is 4.12. The molecule has 0 N–H and O–H groups in total. The Morgan fingerprint density at radius 3 is 2.38 bits per heavy atom. The second kappa shape index (κ2) is 9.95. The molecular formula is C32H25ClN2O3S. The van der Waals surface area contributed by atoms with Crippen LogP contribution >= 0.6 is 22.9 Å². The molecule has 7 heteroatoms. The number of carbonyl (C=O) groups excluding carboxylic acids is 1. The molecule has 2 aromatic heterocycles. The average Bonchev–Trinajstić information content (AvgIpc) is 3.40. The monoisotopic (exact) mass is 552 g/mol. The Kier molecular flexibility index (Phi) is 6.45. The third-order valence-corrected chi connectivity index (χ3v) is 7.97. The van der Waals surface area contributed by atoms with Crippen LogP contribution in [0.25, 0.3) is 27.5 Å². The van der Waals surface area contributed by atoms with Crippen molar-refractivity contribution in [3.8, 4) is 39.0 Å². The molecule has 2 heterocycles. The number of hydrogen-bond donors (Lipinski definition) is 0. The van der Waals surface area contributed by atoms with Crippen molar-refractivity contribution >= 4 is 28.7 Å². The first-order valence-electron chi connectivity index (χ1n) is 12.7. The number of fused-ring (bicyclic) bond motifs is 1. The maximum atomic E-state index is 14.3. The predicted octanol–water partition coefficient (Wildman–Crippen LogP) is 8.23. The van der Waals surface area contributed by atoms with Crippen molar-refractivity contribution in [2.75, 3.05) is 0 Å². The average molecular weight is 553 g/mol. The zero-order chi connectivity index (χ0) is 27.1. The molecule has 5 aromatic rings. The topological polar surface area (TPSA) is 61.2 Å². The fraction of sp³-hybridized carbons (Fsp3) is 0.156. The molecule has 194 valence electrons. The zero-order valence-corrected chi connectivity index (χ0v) is 23.1. The number of nitrogens with zero attached hydrogens (tertiary/aromatic N) is 2. The van der Waals surface area contributed by atoms with E-state index in [0.29, 0.717) is 56.9 Å². The number of Topliss-reactive ketones (excluding diaryl/α,β-unsaturated/α-hetero) is 1. The van der Waals surface area contributed by atoms with Crippen LogP contribution in [0.5, 0.6) is 11.5 Å². The lowest BCUT2D eigenvalue weighted by Crippen LogP contribution is -2.35. The highest BCUT2D eigenvalue weighted by molar-refractivity contribution is 7.13. The van der Waals surface area contributed by atoms with Gasteiger partial charge in [-0.05, 0) is 54.3 Å².